The van der Waals surface area contributed by atoms with Gasteiger partial charge in [-0.2, -0.15) is 0 Å². The van der Waals surface area contributed by atoms with E-state index in [1.807, 2.05) is 14.0 Å². The molecule has 0 N–H and O–H groups in total. The summed E-state index contributed by atoms with van der Waals surface area (Å²) < 4.78 is 1.80. The molecular weight excluding hydrogens is 200 g/mol. The first-order chi connectivity index (χ1) is 6.63. The Morgan fingerprint density at radius 3 is 2.93 bits per heavy atom. The molecule has 14 heavy (non-hydrogen) atoms. The summed E-state index contributed by atoms with van der Waals surface area (Å²) in [6.07, 6.45) is 2.60. The molecule has 4 heteroatoms. The van der Waals surface area contributed by atoms with Crippen molar-refractivity contribution in [3.8, 4) is 0 Å². The molecule has 0 aromatic carbocycles. The molecule has 2 rings (SSSR count). The third-order valence-electron chi connectivity index (χ3n) is 2.25. The molecule has 3 nitrogen and oxygen atoms in total. The smallest absolute Gasteiger partial charge is 0.152 e. The number of nitrogens with zero attached hydrogens (tertiary/aromatic N) is 2. The molecule has 2 aromatic rings. The van der Waals surface area contributed by atoms with Gasteiger partial charge in [-0.05, 0) is 18.6 Å². The average molecular weight is 209 g/mol. The number of hydrogen-bond acceptors (Lipinski definition) is 2. The lowest BCUT2D eigenvalue weighted by Crippen LogP contribution is -1.89. The van der Waals surface area contributed by atoms with Crippen molar-refractivity contribution in [1.29, 1.82) is 0 Å². The molecule has 0 saturated carbocycles. The molecule has 0 fully saturated rings. The van der Waals surface area contributed by atoms with Crippen LogP contribution in [0.15, 0.2) is 12.3 Å². The SMILES string of the molecule is Cc1cc(Cl)nc2c1c(C=O)cn2C. The third-order valence-corrected chi connectivity index (χ3v) is 2.44. The zero-order chi connectivity index (χ0) is 10.3. The molecule has 0 amide bonds. The number of carbonyl (C=O) groups excluding carboxylic acids is 1. The van der Waals surface area contributed by atoms with Crippen LogP contribution in [0.2, 0.25) is 5.15 Å². The molecule has 2 aromatic heterocycles. The molecule has 72 valence electrons. The number of aryl methyl sites for hydroxylation is 2. The first kappa shape index (κ1) is 9.21. The van der Waals surface area contributed by atoms with Crippen LogP contribution in [0.5, 0.6) is 0 Å². The summed E-state index contributed by atoms with van der Waals surface area (Å²) in [5, 5.41) is 1.33. The van der Waals surface area contributed by atoms with Crippen LogP contribution in [0.25, 0.3) is 11.0 Å². The van der Waals surface area contributed by atoms with Crippen molar-refractivity contribution in [3.05, 3.63) is 28.5 Å². The maximum Gasteiger partial charge on any atom is 0.152 e. The molecule has 0 aliphatic heterocycles. The predicted octanol–water partition coefficient (Wildman–Crippen LogP) is 2.35. The minimum atomic E-state index is 0.452. The highest BCUT2D eigenvalue weighted by molar-refractivity contribution is 6.30. The fraction of sp³-hybridized carbons (Fsp3) is 0.200. The molecule has 0 unspecified atom stereocenters. The van der Waals surface area contributed by atoms with E-state index in [1.165, 1.54) is 0 Å². The van der Waals surface area contributed by atoms with E-state index < -0.39 is 0 Å². The van der Waals surface area contributed by atoms with Crippen LogP contribution in [0.1, 0.15) is 15.9 Å². The standard InChI is InChI=1S/C10H9ClN2O/c1-6-3-8(11)12-10-9(6)7(5-14)4-13(10)2/h3-5H,1-2H3. The van der Waals surface area contributed by atoms with Crippen molar-refractivity contribution in [2.75, 3.05) is 0 Å². The second kappa shape index (κ2) is 3.10. The average Bonchev–Trinajstić information content (AvgIpc) is 2.43. The minimum absolute atomic E-state index is 0.452. The number of pyridine rings is 1. The van der Waals surface area contributed by atoms with E-state index in [2.05, 4.69) is 4.98 Å². The van der Waals surface area contributed by atoms with Gasteiger partial charge in [-0.1, -0.05) is 11.6 Å². The number of aldehydes is 1. The molecule has 0 atom stereocenters. The third kappa shape index (κ3) is 1.21. The molecule has 0 aliphatic carbocycles. The highest BCUT2D eigenvalue weighted by atomic mass is 35.5. The van der Waals surface area contributed by atoms with Crippen molar-refractivity contribution in [2.45, 2.75) is 6.92 Å². The van der Waals surface area contributed by atoms with Gasteiger partial charge in [0.25, 0.3) is 0 Å². The van der Waals surface area contributed by atoms with Crippen LogP contribution < -0.4 is 0 Å². The molecule has 0 radical (unpaired) electrons. The topological polar surface area (TPSA) is 34.9 Å². The molecule has 0 saturated heterocycles. The summed E-state index contributed by atoms with van der Waals surface area (Å²) >= 11 is 5.84. The van der Waals surface area contributed by atoms with Gasteiger partial charge in [0, 0.05) is 24.2 Å². The van der Waals surface area contributed by atoms with Crippen LogP contribution in [-0.4, -0.2) is 15.8 Å². The second-order valence-corrected chi connectivity index (χ2v) is 3.66. The number of carbonyl (C=O) groups is 1. The first-order valence-corrected chi connectivity index (χ1v) is 4.58. The summed E-state index contributed by atoms with van der Waals surface area (Å²) in [6.45, 7) is 1.92. The van der Waals surface area contributed by atoms with Crippen LogP contribution >= 0.6 is 11.6 Å². The van der Waals surface area contributed by atoms with Crippen LogP contribution in [0.3, 0.4) is 0 Å². The highest BCUT2D eigenvalue weighted by Gasteiger charge is 2.10. The maximum absolute atomic E-state index is 10.8. The van der Waals surface area contributed by atoms with E-state index in [9.17, 15) is 4.79 Å². The van der Waals surface area contributed by atoms with Gasteiger partial charge < -0.3 is 4.57 Å². The van der Waals surface area contributed by atoms with Crippen molar-refractivity contribution < 1.29 is 4.79 Å². The predicted molar refractivity (Wildman–Crippen MR) is 55.8 cm³/mol. The van der Waals surface area contributed by atoms with E-state index in [1.54, 1.807) is 16.8 Å². The van der Waals surface area contributed by atoms with Crippen molar-refractivity contribution >= 4 is 28.9 Å². The summed E-state index contributed by atoms with van der Waals surface area (Å²) in [5.41, 5.74) is 2.38. The van der Waals surface area contributed by atoms with Gasteiger partial charge >= 0.3 is 0 Å². The molecule has 0 bridgehead atoms. The summed E-state index contributed by atoms with van der Waals surface area (Å²) in [4.78, 5) is 15.0. The van der Waals surface area contributed by atoms with Gasteiger partial charge in [0.05, 0.1) is 0 Å². The van der Waals surface area contributed by atoms with Gasteiger partial charge in [0.2, 0.25) is 0 Å². The quantitative estimate of drug-likeness (QED) is 0.533. The number of hydrogen-bond donors (Lipinski definition) is 0. The largest absolute Gasteiger partial charge is 0.335 e. The Hall–Kier alpha value is -1.35. The summed E-state index contributed by atoms with van der Waals surface area (Å²) in [6, 6.07) is 1.76. The Morgan fingerprint density at radius 1 is 1.57 bits per heavy atom. The van der Waals surface area contributed by atoms with E-state index >= 15 is 0 Å². The normalized spacial score (nSPS) is 10.8. The number of aromatic nitrogens is 2. The maximum atomic E-state index is 10.8. The van der Waals surface area contributed by atoms with Crippen molar-refractivity contribution in [1.82, 2.24) is 9.55 Å². The fourth-order valence-corrected chi connectivity index (χ4v) is 1.90. The van der Waals surface area contributed by atoms with Gasteiger partial charge in [-0.3, -0.25) is 4.79 Å². The fourth-order valence-electron chi connectivity index (χ4n) is 1.65. The Labute approximate surface area is 86.3 Å². The Morgan fingerprint density at radius 2 is 2.29 bits per heavy atom. The van der Waals surface area contributed by atoms with Crippen LogP contribution in [0, 0.1) is 6.92 Å². The lowest BCUT2D eigenvalue weighted by molar-refractivity contribution is 0.112. The molecule has 0 spiro atoms. The monoisotopic (exact) mass is 208 g/mol. The Kier molecular flexibility index (Phi) is 2.04. The van der Waals surface area contributed by atoms with Crippen molar-refractivity contribution in [3.63, 3.8) is 0 Å². The Balaban J connectivity index is 2.96. The van der Waals surface area contributed by atoms with Gasteiger partial charge in [-0.15, -0.1) is 0 Å². The van der Waals surface area contributed by atoms with Gasteiger partial charge in [-0.25, -0.2) is 4.98 Å². The van der Waals surface area contributed by atoms with E-state index in [0.717, 1.165) is 22.9 Å². The van der Waals surface area contributed by atoms with Gasteiger partial charge in [0.15, 0.2) is 6.29 Å². The van der Waals surface area contributed by atoms with E-state index in [-0.39, 0.29) is 0 Å². The van der Waals surface area contributed by atoms with E-state index in [4.69, 9.17) is 11.6 Å². The zero-order valence-electron chi connectivity index (χ0n) is 7.91. The number of halogens is 1. The van der Waals surface area contributed by atoms with Crippen molar-refractivity contribution in [2.24, 2.45) is 7.05 Å². The number of rotatable bonds is 1. The second-order valence-electron chi connectivity index (χ2n) is 3.27. The van der Waals surface area contributed by atoms with Gasteiger partial charge in [0.1, 0.15) is 10.8 Å². The highest BCUT2D eigenvalue weighted by Crippen LogP contribution is 2.23. The zero-order valence-corrected chi connectivity index (χ0v) is 8.67. The molecule has 0 aliphatic rings. The lowest BCUT2D eigenvalue weighted by Gasteiger charge is -1.99. The summed E-state index contributed by atoms with van der Waals surface area (Å²) in [7, 11) is 1.85. The molecule has 2 heterocycles. The minimum Gasteiger partial charge on any atom is -0.335 e. The van der Waals surface area contributed by atoms with Crippen LogP contribution in [-0.2, 0) is 7.05 Å². The lowest BCUT2D eigenvalue weighted by atomic mass is 10.1. The number of fused-ring (bicyclic) bond motifs is 1. The Bertz CT molecular complexity index is 516. The molecular formula is C10H9ClN2O. The van der Waals surface area contributed by atoms with Crippen LogP contribution in [0.4, 0.5) is 0 Å². The van der Waals surface area contributed by atoms with E-state index in [0.29, 0.717) is 10.7 Å². The summed E-state index contributed by atoms with van der Waals surface area (Å²) in [5.74, 6) is 0. The first-order valence-electron chi connectivity index (χ1n) is 4.21.